The normalized spacial score (nSPS) is 11.8. The molecule has 3 N–H and O–H groups in total. The first-order valence-corrected chi connectivity index (χ1v) is 7.01. The molecule has 0 unspecified atom stereocenters. The molecule has 2 rings (SSSR count). The monoisotopic (exact) mass is 275 g/mol. The van der Waals surface area contributed by atoms with E-state index in [1.54, 1.807) is 36.4 Å². The molecule has 0 heterocycles. The maximum atomic E-state index is 11.2. The highest BCUT2D eigenvalue weighted by atomic mass is 32.2. The fourth-order valence-electron chi connectivity index (χ4n) is 1.70. The summed E-state index contributed by atoms with van der Waals surface area (Å²) in [4.78, 5) is -0.124. The molecule has 0 spiro atoms. The number of para-hydroxylation sites is 1. The predicted molar refractivity (Wildman–Crippen MR) is 76.0 cm³/mol. The van der Waals surface area contributed by atoms with Crippen LogP contribution in [0.4, 0.5) is 5.69 Å². The highest BCUT2D eigenvalue weighted by Gasteiger charge is 2.12. The number of benzene rings is 2. The van der Waals surface area contributed by atoms with Crippen LogP contribution in [0, 0.1) is 0 Å². The van der Waals surface area contributed by atoms with Crippen LogP contribution in [0.25, 0.3) is 12.2 Å². The molecule has 2 aromatic carbocycles. The summed E-state index contributed by atoms with van der Waals surface area (Å²) in [6, 6.07) is 13.4. The number of nitrogens with two attached hydrogens (primary N) is 1. The van der Waals surface area contributed by atoms with Crippen molar-refractivity contribution < 1.29 is 13.0 Å². The molecule has 0 radical (unpaired) electrons. The second-order valence-electron chi connectivity index (χ2n) is 3.98. The summed E-state index contributed by atoms with van der Waals surface area (Å²) in [5.74, 6) is 0. The molecule has 2 aromatic rings. The summed E-state index contributed by atoms with van der Waals surface area (Å²) in [6.07, 6.45) is 3.31. The number of rotatable bonds is 3. The Balaban J connectivity index is 2.43. The number of hydrogen-bond acceptors (Lipinski definition) is 3. The summed E-state index contributed by atoms with van der Waals surface area (Å²) < 4.78 is 31.6. The van der Waals surface area contributed by atoms with Gasteiger partial charge in [0.05, 0.1) is 0 Å². The van der Waals surface area contributed by atoms with Crippen molar-refractivity contribution in [2.75, 3.05) is 5.73 Å². The van der Waals surface area contributed by atoms with Gasteiger partial charge in [0.1, 0.15) is 4.90 Å². The third-order valence-electron chi connectivity index (χ3n) is 2.64. The summed E-state index contributed by atoms with van der Waals surface area (Å²) in [5, 5.41) is 0. The number of hydrogen-bond donors (Lipinski definition) is 2. The minimum atomic E-state index is -4.23. The molecule has 0 bridgehead atoms. The van der Waals surface area contributed by atoms with Crippen molar-refractivity contribution in [3.8, 4) is 0 Å². The van der Waals surface area contributed by atoms with Crippen LogP contribution in [-0.2, 0) is 10.1 Å². The molecular weight excluding hydrogens is 262 g/mol. The van der Waals surface area contributed by atoms with Crippen LogP contribution >= 0.6 is 0 Å². The molecule has 98 valence electrons. The van der Waals surface area contributed by atoms with Crippen LogP contribution in [0.3, 0.4) is 0 Å². The fourth-order valence-corrected chi connectivity index (χ4v) is 2.38. The lowest BCUT2D eigenvalue weighted by Gasteiger charge is -2.03. The van der Waals surface area contributed by atoms with Crippen molar-refractivity contribution in [3.05, 3.63) is 59.7 Å². The van der Waals surface area contributed by atoms with Gasteiger partial charge in [0.15, 0.2) is 0 Å². The summed E-state index contributed by atoms with van der Waals surface area (Å²) in [5.41, 5.74) is 7.59. The quantitative estimate of drug-likeness (QED) is 0.512. The van der Waals surface area contributed by atoms with E-state index < -0.39 is 10.1 Å². The Morgan fingerprint density at radius 1 is 0.895 bits per heavy atom. The Bertz CT molecular complexity index is 721. The van der Waals surface area contributed by atoms with E-state index in [-0.39, 0.29) is 4.90 Å². The van der Waals surface area contributed by atoms with Gasteiger partial charge in [-0.25, -0.2) is 0 Å². The molecule has 0 saturated heterocycles. The highest BCUT2D eigenvalue weighted by molar-refractivity contribution is 7.85. The van der Waals surface area contributed by atoms with Crippen LogP contribution in [0.2, 0.25) is 0 Å². The number of anilines is 1. The van der Waals surface area contributed by atoms with Crippen LogP contribution in [0.1, 0.15) is 11.1 Å². The summed E-state index contributed by atoms with van der Waals surface area (Å²) >= 11 is 0. The van der Waals surface area contributed by atoms with Crippen molar-refractivity contribution in [2.45, 2.75) is 4.90 Å². The Morgan fingerprint density at radius 2 is 1.42 bits per heavy atom. The van der Waals surface area contributed by atoms with Gasteiger partial charge < -0.3 is 5.73 Å². The van der Waals surface area contributed by atoms with Gasteiger partial charge in [-0.3, -0.25) is 4.55 Å². The number of nitrogen functional groups attached to an aromatic ring is 1. The van der Waals surface area contributed by atoms with Crippen molar-refractivity contribution in [1.82, 2.24) is 0 Å². The Kier molecular flexibility index (Phi) is 3.69. The van der Waals surface area contributed by atoms with Gasteiger partial charge >= 0.3 is 0 Å². The van der Waals surface area contributed by atoms with Gasteiger partial charge in [-0.05, 0) is 23.3 Å². The molecule has 19 heavy (non-hydrogen) atoms. The molecule has 0 amide bonds. The average molecular weight is 275 g/mol. The van der Waals surface area contributed by atoms with Crippen molar-refractivity contribution in [3.63, 3.8) is 0 Å². The topological polar surface area (TPSA) is 80.4 Å². The molecule has 0 aliphatic carbocycles. The molecule has 0 aromatic heterocycles. The van der Waals surface area contributed by atoms with Crippen LogP contribution < -0.4 is 5.73 Å². The van der Waals surface area contributed by atoms with E-state index in [1.807, 2.05) is 18.2 Å². The smallest absolute Gasteiger partial charge is 0.295 e. The minimum Gasteiger partial charge on any atom is -0.398 e. The van der Waals surface area contributed by atoms with E-state index in [0.717, 1.165) is 5.56 Å². The first-order chi connectivity index (χ1) is 8.98. The first kappa shape index (κ1) is 13.3. The zero-order valence-electron chi connectivity index (χ0n) is 10.0. The third kappa shape index (κ3) is 3.21. The average Bonchev–Trinajstić information content (AvgIpc) is 2.37. The zero-order chi connectivity index (χ0) is 13.9. The van der Waals surface area contributed by atoms with Crippen LogP contribution in [0.15, 0.2) is 53.4 Å². The Labute approximate surface area is 111 Å². The maximum Gasteiger partial charge on any atom is 0.295 e. The molecule has 0 atom stereocenters. The highest BCUT2D eigenvalue weighted by Crippen LogP contribution is 2.19. The minimum absolute atomic E-state index is 0.124. The molecule has 0 aliphatic rings. The fraction of sp³-hybridized carbons (Fsp3) is 0. The van der Waals surface area contributed by atoms with E-state index in [9.17, 15) is 8.42 Å². The second kappa shape index (κ2) is 5.26. The van der Waals surface area contributed by atoms with E-state index in [0.29, 0.717) is 11.3 Å². The van der Waals surface area contributed by atoms with E-state index >= 15 is 0 Å². The third-order valence-corrected chi connectivity index (χ3v) is 3.56. The van der Waals surface area contributed by atoms with Crippen molar-refractivity contribution in [2.24, 2.45) is 0 Å². The summed E-state index contributed by atoms with van der Waals surface area (Å²) in [6.45, 7) is 0. The van der Waals surface area contributed by atoms with E-state index in [4.69, 9.17) is 10.3 Å². The lowest BCUT2D eigenvalue weighted by atomic mass is 10.1. The SMILES string of the molecule is Nc1ccccc1/C=C/c1ccccc1S(=O)(=O)O. The Morgan fingerprint density at radius 3 is 2.05 bits per heavy atom. The van der Waals surface area contributed by atoms with Gasteiger partial charge in [-0.1, -0.05) is 48.6 Å². The summed E-state index contributed by atoms with van der Waals surface area (Å²) in [7, 11) is -4.23. The first-order valence-electron chi connectivity index (χ1n) is 5.57. The molecular formula is C14H13NO3S. The zero-order valence-corrected chi connectivity index (χ0v) is 10.8. The largest absolute Gasteiger partial charge is 0.398 e. The van der Waals surface area contributed by atoms with Crippen molar-refractivity contribution in [1.29, 1.82) is 0 Å². The lowest BCUT2D eigenvalue weighted by Crippen LogP contribution is -2.00. The van der Waals surface area contributed by atoms with Gasteiger partial charge in [0, 0.05) is 5.69 Å². The van der Waals surface area contributed by atoms with Crippen molar-refractivity contribution >= 4 is 28.0 Å². The Hall–Kier alpha value is -2.11. The van der Waals surface area contributed by atoms with Gasteiger partial charge in [0.2, 0.25) is 0 Å². The van der Waals surface area contributed by atoms with E-state index in [1.165, 1.54) is 6.07 Å². The molecule has 0 fully saturated rings. The van der Waals surface area contributed by atoms with Gasteiger partial charge in [-0.2, -0.15) is 8.42 Å². The molecule has 4 nitrogen and oxygen atoms in total. The van der Waals surface area contributed by atoms with Crippen LogP contribution in [0.5, 0.6) is 0 Å². The predicted octanol–water partition coefficient (Wildman–Crippen LogP) is 2.69. The molecule has 5 heteroatoms. The second-order valence-corrected chi connectivity index (χ2v) is 5.37. The van der Waals surface area contributed by atoms with Crippen LogP contribution in [-0.4, -0.2) is 13.0 Å². The van der Waals surface area contributed by atoms with Gasteiger partial charge in [0.25, 0.3) is 10.1 Å². The van der Waals surface area contributed by atoms with Gasteiger partial charge in [-0.15, -0.1) is 0 Å². The molecule has 0 saturated carbocycles. The maximum absolute atomic E-state index is 11.2. The molecule has 0 aliphatic heterocycles. The standard InChI is InChI=1S/C14H13NO3S/c15-13-7-3-1-5-11(13)9-10-12-6-2-4-8-14(12)19(16,17)18/h1-10H,15H2,(H,16,17,18)/b10-9+. The lowest BCUT2D eigenvalue weighted by molar-refractivity contribution is 0.483. The van der Waals surface area contributed by atoms with E-state index in [2.05, 4.69) is 0 Å².